The standard InChI is InChI=1S/C14H13F3N4S/c1-9-12(19-13(22-2)21-20-9)6-7-18-11-5-3-4-10(8-11)14(15,16)17/h3-8,18H,1-2H3/b7-6+. The first-order valence-corrected chi connectivity index (χ1v) is 7.48. The highest BCUT2D eigenvalue weighted by Crippen LogP contribution is 2.30. The average Bonchev–Trinajstić information content (AvgIpc) is 2.48. The van der Waals surface area contributed by atoms with E-state index in [1.807, 2.05) is 6.26 Å². The molecule has 0 fully saturated rings. The molecule has 1 N–H and O–H groups in total. The molecule has 22 heavy (non-hydrogen) atoms. The highest BCUT2D eigenvalue weighted by Gasteiger charge is 2.30. The normalized spacial score (nSPS) is 11.9. The van der Waals surface area contributed by atoms with Gasteiger partial charge in [-0.05, 0) is 37.5 Å². The molecule has 0 aliphatic rings. The van der Waals surface area contributed by atoms with Gasteiger partial charge < -0.3 is 5.32 Å². The van der Waals surface area contributed by atoms with Crippen LogP contribution < -0.4 is 5.32 Å². The summed E-state index contributed by atoms with van der Waals surface area (Å²) in [5.74, 6) is 0. The Morgan fingerprint density at radius 1 is 1.23 bits per heavy atom. The van der Waals surface area contributed by atoms with Gasteiger partial charge in [0.25, 0.3) is 0 Å². The summed E-state index contributed by atoms with van der Waals surface area (Å²) < 4.78 is 37.9. The second-order valence-electron chi connectivity index (χ2n) is 4.33. The third-order valence-electron chi connectivity index (χ3n) is 2.74. The number of hydrogen-bond donors (Lipinski definition) is 1. The second kappa shape index (κ2) is 6.78. The van der Waals surface area contributed by atoms with Crippen LogP contribution in [0.1, 0.15) is 17.0 Å². The lowest BCUT2D eigenvalue weighted by atomic mass is 10.2. The Hall–Kier alpha value is -2.09. The van der Waals surface area contributed by atoms with Crippen molar-refractivity contribution in [3.05, 3.63) is 47.4 Å². The van der Waals surface area contributed by atoms with Crippen molar-refractivity contribution < 1.29 is 13.2 Å². The fourth-order valence-corrected chi connectivity index (χ4v) is 1.93. The molecule has 0 unspecified atom stereocenters. The number of anilines is 1. The molecule has 0 atom stereocenters. The van der Waals surface area contributed by atoms with E-state index in [0.29, 0.717) is 22.2 Å². The third-order valence-corrected chi connectivity index (χ3v) is 3.27. The van der Waals surface area contributed by atoms with E-state index in [1.165, 1.54) is 24.0 Å². The van der Waals surface area contributed by atoms with Gasteiger partial charge in [-0.15, -0.1) is 5.10 Å². The molecule has 0 spiro atoms. The summed E-state index contributed by atoms with van der Waals surface area (Å²) in [5, 5.41) is 11.2. The van der Waals surface area contributed by atoms with Gasteiger partial charge in [0.2, 0.25) is 5.16 Å². The number of thioether (sulfide) groups is 1. The monoisotopic (exact) mass is 326 g/mol. The molecule has 0 bridgehead atoms. The molecule has 1 heterocycles. The van der Waals surface area contributed by atoms with Crippen molar-refractivity contribution >= 4 is 23.5 Å². The summed E-state index contributed by atoms with van der Waals surface area (Å²) in [4.78, 5) is 4.26. The van der Waals surface area contributed by atoms with E-state index < -0.39 is 11.7 Å². The number of hydrogen-bond acceptors (Lipinski definition) is 5. The van der Waals surface area contributed by atoms with Gasteiger partial charge in [0.15, 0.2) is 0 Å². The van der Waals surface area contributed by atoms with Crippen molar-refractivity contribution in [3.8, 4) is 0 Å². The number of nitrogens with zero attached hydrogens (tertiary/aromatic N) is 3. The van der Waals surface area contributed by atoms with Crippen LogP contribution in [-0.4, -0.2) is 21.4 Å². The first-order chi connectivity index (χ1) is 10.4. The Labute approximate surface area is 129 Å². The lowest BCUT2D eigenvalue weighted by molar-refractivity contribution is -0.137. The molecule has 1 aromatic heterocycles. The highest BCUT2D eigenvalue weighted by atomic mass is 32.2. The zero-order chi connectivity index (χ0) is 16.2. The van der Waals surface area contributed by atoms with Crippen LogP contribution in [0.3, 0.4) is 0 Å². The number of alkyl halides is 3. The summed E-state index contributed by atoms with van der Waals surface area (Å²) in [6, 6.07) is 4.97. The maximum absolute atomic E-state index is 12.6. The minimum Gasteiger partial charge on any atom is -0.362 e. The Kier molecular flexibility index (Phi) is 5.02. The average molecular weight is 326 g/mol. The van der Waals surface area contributed by atoms with E-state index in [0.717, 1.165) is 12.1 Å². The highest BCUT2D eigenvalue weighted by molar-refractivity contribution is 7.98. The van der Waals surface area contributed by atoms with Crippen LogP contribution in [0.25, 0.3) is 6.08 Å². The number of benzene rings is 1. The van der Waals surface area contributed by atoms with Crippen LogP contribution in [-0.2, 0) is 6.18 Å². The summed E-state index contributed by atoms with van der Waals surface area (Å²) >= 11 is 1.36. The zero-order valence-electron chi connectivity index (χ0n) is 11.8. The molecule has 0 amide bonds. The van der Waals surface area contributed by atoms with E-state index in [2.05, 4.69) is 20.5 Å². The molecule has 2 rings (SSSR count). The fraction of sp³-hybridized carbons (Fsp3) is 0.214. The molecule has 0 aliphatic heterocycles. The number of nitrogens with one attached hydrogen (secondary N) is 1. The van der Waals surface area contributed by atoms with E-state index in [-0.39, 0.29) is 0 Å². The summed E-state index contributed by atoms with van der Waals surface area (Å²) in [6.45, 7) is 1.76. The number of aryl methyl sites for hydroxylation is 1. The fourth-order valence-electron chi connectivity index (χ4n) is 1.62. The summed E-state index contributed by atoms with van der Waals surface area (Å²) in [5.41, 5.74) is 0.894. The van der Waals surface area contributed by atoms with Crippen LogP contribution in [0.5, 0.6) is 0 Å². The number of rotatable bonds is 4. The first-order valence-electron chi connectivity index (χ1n) is 6.26. The smallest absolute Gasteiger partial charge is 0.362 e. The molecule has 2 aromatic rings. The second-order valence-corrected chi connectivity index (χ2v) is 5.10. The Morgan fingerprint density at radius 3 is 2.68 bits per heavy atom. The summed E-state index contributed by atoms with van der Waals surface area (Å²) in [7, 11) is 0. The predicted molar refractivity (Wildman–Crippen MR) is 80.4 cm³/mol. The van der Waals surface area contributed by atoms with Crippen LogP contribution in [0.2, 0.25) is 0 Å². The van der Waals surface area contributed by atoms with E-state index in [4.69, 9.17) is 0 Å². The first kappa shape index (κ1) is 16.3. The molecule has 0 radical (unpaired) electrons. The van der Waals surface area contributed by atoms with Crippen LogP contribution in [0, 0.1) is 6.92 Å². The molecule has 4 nitrogen and oxygen atoms in total. The zero-order valence-corrected chi connectivity index (χ0v) is 12.7. The maximum atomic E-state index is 12.6. The molecule has 0 saturated carbocycles. The quantitative estimate of drug-likeness (QED) is 0.861. The van der Waals surface area contributed by atoms with Gasteiger partial charge in [-0.1, -0.05) is 17.8 Å². The van der Waals surface area contributed by atoms with Gasteiger partial charge in [0, 0.05) is 11.9 Å². The van der Waals surface area contributed by atoms with Crippen molar-refractivity contribution in [1.82, 2.24) is 15.2 Å². The van der Waals surface area contributed by atoms with Crippen LogP contribution >= 0.6 is 11.8 Å². The van der Waals surface area contributed by atoms with Gasteiger partial charge >= 0.3 is 6.18 Å². The van der Waals surface area contributed by atoms with Gasteiger partial charge in [0.1, 0.15) is 0 Å². The largest absolute Gasteiger partial charge is 0.416 e. The van der Waals surface area contributed by atoms with Gasteiger partial charge in [-0.2, -0.15) is 18.3 Å². The van der Waals surface area contributed by atoms with Crippen molar-refractivity contribution in [2.75, 3.05) is 11.6 Å². The van der Waals surface area contributed by atoms with Gasteiger partial charge in [-0.3, -0.25) is 0 Å². The van der Waals surface area contributed by atoms with E-state index >= 15 is 0 Å². The minimum absolute atomic E-state index is 0.343. The third kappa shape index (κ3) is 4.20. The van der Waals surface area contributed by atoms with Crippen molar-refractivity contribution in [1.29, 1.82) is 0 Å². The molecular weight excluding hydrogens is 313 g/mol. The summed E-state index contributed by atoms with van der Waals surface area (Å²) in [6.07, 6.45) is 0.642. The Morgan fingerprint density at radius 2 is 2.00 bits per heavy atom. The minimum atomic E-state index is -4.36. The Balaban J connectivity index is 2.13. The predicted octanol–water partition coefficient (Wildman–Crippen LogP) is 4.00. The van der Waals surface area contributed by atoms with Crippen molar-refractivity contribution in [2.24, 2.45) is 0 Å². The number of halogens is 3. The molecule has 1 aromatic carbocycles. The molecule has 0 aliphatic carbocycles. The van der Waals surface area contributed by atoms with Crippen LogP contribution in [0.4, 0.5) is 18.9 Å². The van der Waals surface area contributed by atoms with Crippen molar-refractivity contribution in [2.45, 2.75) is 18.3 Å². The topological polar surface area (TPSA) is 50.7 Å². The Bertz CT molecular complexity index is 686. The molecule has 116 valence electrons. The van der Waals surface area contributed by atoms with Gasteiger partial charge in [-0.25, -0.2) is 4.98 Å². The SMILES string of the molecule is CSc1nnc(C)c(/C=C/Nc2cccc(C(F)(F)F)c2)n1. The van der Waals surface area contributed by atoms with Crippen molar-refractivity contribution in [3.63, 3.8) is 0 Å². The van der Waals surface area contributed by atoms with E-state index in [9.17, 15) is 13.2 Å². The lowest BCUT2D eigenvalue weighted by Crippen LogP contribution is -2.05. The maximum Gasteiger partial charge on any atom is 0.416 e. The lowest BCUT2D eigenvalue weighted by Gasteiger charge is -2.08. The van der Waals surface area contributed by atoms with Crippen LogP contribution in [0.15, 0.2) is 35.6 Å². The molecule has 0 saturated heterocycles. The molecule has 8 heteroatoms. The number of aromatic nitrogens is 3. The molecular formula is C14H13F3N4S. The van der Waals surface area contributed by atoms with Gasteiger partial charge in [0.05, 0.1) is 17.0 Å². The van der Waals surface area contributed by atoms with E-state index in [1.54, 1.807) is 19.1 Å².